The van der Waals surface area contributed by atoms with E-state index in [1.54, 1.807) is 26.8 Å². The maximum atomic E-state index is 14.1. The Morgan fingerprint density at radius 3 is 2.43 bits per heavy atom. The summed E-state index contributed by atoms with van der Waals surface area (Å²) in [6.45, 7) is 11.9. The number of carbonyl (C=O) groups is 1. The van der Waals surface area contributed by atoms with Crippen LogP contribution in [-0.4, -0.2) is 31.8 Å². The molecule has 0 N–H and O–H groups in total. The first-order valence-electron chi connectivity index (χ1n) is 7.51. The fourth-order valence-corrected chi connectivity index (χ4v) is 2.15. The van der Waals surface area contributed by atoms with Crippen LogP contribution >= 0.6 is 0 Å². The summed E-state index contributed by atoms with van der Waals surface area (Å²) in [6, 6.07) is 3.90. The number of amides is 1. The third-order valence-electron chi connectivity index (χ3n) is 2.69. The van der Waals surface area contributed by atoms with Gasteiger partial charge < -0.3 is 4.74 Å². The molecule has 6 heteroatoms. The number of ether oxygens (including phenoxy) is 1. The second-order valence-electron chi connectivity index (χ2n) is 7.59. The fourth-order valence-electron chi connectivity index (χ4n) is 1.53. The van der Waals surface area contributed by atoms with Crippen LogP contribution in [0.4, 0.5) is 15.0 Å². The number of hydrogen-bond donors (Lipinski definition) is 0. The summed E-state index contributed by atoms with van der Waals surface area (Å²) < 4.78 is 19.3. The number of hydrogen-bond acceptors (Lipinski definition) is 3. The Morgan fingerprint density at radius 2 is 1.96 bits per heavy atom. The molecule has 0 aliphatic heterocycles. The topological polar surface area (TPSA) is 42.4 Å². The zero-order valence-corrected chi connectivity index (χ0v) is 16.0. The Balaban J connectivity index is 2.89. The van der Waals surface area contributed by atoms with Crippen LogP contribution in [-0.2, 0) is 4.74 Å². The van der Waals surface area contributed by atoms with Crippen molar-refractivity contribution in [3.05, 3.63) is 23.6 Å². The van der Waals surface area contributed by atoms with Gasteiger partial charge in [-0.05, 0) is 32.9 Å². The van der Waals surface area contributed by atoms with Crippen molar-refractivity contribution in [1.82, 2.24) is 4.98 Å². The molecule has 23 heavy (non-hydrogen) atoms. The van der Waals surface area contributed by atoms with Crippen molar-refractivity contribution in [2.45, 2.75) is 52.1 Å². The largest absolute Gasteiger partial charge is 0.443 e. The van der Waals surface area contributed by atoms with Crippen molar-refractivity contribution in [2.75, 3.05) is 11.9 Å². The van der Waals surface area contributed by atoms with Crippen molar-refractivity contribution in [3.63, 3.8) is 0 Å². The van der Waals surface area contributed by atoms with Crippen LogP contribution in [0.15, 0.2) is 12.1 Å². The number of halogens is 1. The minimum absolute atomic E-state index is 0.187. The van der Waals surface area contributed by atoms with E-state index in [0.29, 0.717) is 0 Å². The molecule has 126 valence electrons. The lowest BCUT2D eigenvalue weighted by Crippen LogP contribution is -2.34. The van der Waals surface area contributed by atoms with Gasteiger partial charge in [0.2, 0.25) is 5.95 Å². The van der Waals surface area contributed by atoms with Crippen LogP contribution in [0.2, 0.25) is 25.7 Å². The van der Waals surface area contributed by atoms with Crippen molar-refractivity contribution >= 4 is 20.0 Å². The molecule has 1 heterocycles. The normalized spacial score (nSPS) is 11.5. The molecule has 1 aromatic heterocycles. The van der Waals surface area contributed by atoms with Crippen LogP contribution in [0.3, 0.4) is 0 Å². The van der Waals surface area contributed by atoms with Crippen molar-refractivity contribution < 1.29 is 13.9 Å². The number of rotatable bonds is 2. The first-order valence-corrected chi connectivity index (χ1v) is 11.2. The molecular weight excluding hydrogens is 311 g/mol. The van der Waals surface area contributed by atoms with Crippen molar-refractivity contribution in [1.29, 1.82) is 0 Å². The van der Waals surface area contributed by atoms with Gasteiger partial charge in [-0.15, -0.1) is 5.92 Å². The van der Waals surface area contributed by atoms with E-state index in [1.807, 2.05) is 0 Å². The lowest BCUT2D eigenvalue weighted by Gasteiger charge is -2.24. The predicted molar refractivity (Wildman–Crippen MR) is 93.9 cm³/mol. The lowest BCUT2D eigenvalue weighted by atomic mass is 10.2. The smallest absolute Gasteiger partial charge is 0.415 e. The van der Waals surface area contributed by atoms with Gasteiger partial charge in [0, 0.05) is 13.1 Å². The third kappa shape index (κ3) is 6.83. The van der Waals surface area contributed by atoms with Gasteiger partial charge in [-0.2, -0.15) is 4.39 Å². The molecule has 0 fully saturated rings. The molecule has 0 radical (unpaired) electrons. The van der Waals surface area contributed by atoms with Crippen LogP contribution in [0, 0.1) is 17.8 Å². The third-order valence-corrected chi connectivity index (χ3v) is 3.92. The van der Waals surface area contributed by atoms with Gasteiger partial charge in [0.05, 0.1) is 13.6 Å². The Hall–Kier alpha value is -1.87. The number of nitrogens with zero attached hydrogens (tertiary/aromatic N) is 2. The van der Waals surface area contributed by atoms with E-state index in [2.05, 4.69) is 36.5 Å². The van der Waals surface area contributed by atoms with Crippen LogP contribution in [0.5, 0.6) is 0 Å². The van der Waals surface area contributed by atoms with E-state index in [-0.39, 0.29) is 11.4 Å². The second-order valence-corrected chi connectivity index (χ2v) is 13.1. The zero-order valence-electron chi connectivity index (χ0n) is 15.0. The summed E-state index contributed by atoms with van der Waals surface area (Å²) in [6.07, 6.45) is -0.582. The predicted octanol–water partition coefficient (Wildman–Crippen LogP) is 4.28. The van der Waals surface area contributed by atoms with Crippen LogP contribution < -0.4 is 4.90 Å². The quantitative estimate of drug-likeness (QED) is 0.460. The van der Waals surface area contributed by atoms with Gasteiger partial charge in [0.1, 0.15) is 11.4 Å². The van der Waals surface area contributed by atoms with Gasteiger partial charge in [0.25, 0.3) is 0 Å². The Kier molecular flexibility index (Phi) is 5.95. The summed E-state index contributed by atoms with van der Waals surface area (Å²) in [7, 11) is 0.212. The molecule has 1 rings (SSSR count). The highest BCUT2D eigenvalue weighted by Crippen LogP contribution is 2.16. The molecule has 4 nitrogen and oxygen atoms in total. The minimum atomic E-state index is -1.28. The molecule has 0 atom stereocenters. The van der Waals surface area contributed by atoms with E-state index < -0.39 is 25.7 Å². The van der Waals surface area contributed by atoms with E-state index in [1.165, 1.54) is 18.0 Å². The van der Waals surface area contributed by atoms with Crippen LogP contribution in [0.1, 0.15) is 26.3 Å². The van der Waals surface area contributed by atoms with E-state index in [0.717, 1.165) is 6.04 Å². The Bertz CT molecular complexity index is 637. The molecule has 0 bridgehead atoms. The summed E-state index contributed by atoms with van der Waals surface area (Å²) in [5, 5.41) is 0. The molecule has 1 amide bonds. The van der Waals surface area contributed by atoms with Gasteiger partial charge in [-0.1, -0.05) is 25.6 Å². The van der Waals surface area contributed by atoms with Gasteiger partial charge in [-0.25, -0.2) is 9.78 Å². The summed E-state index contributed by atoms with van der Waals surface area (Å²) in [4.78, 5) is 16.9. The van der Waals surface area contributed by atoms with Crippen molar-refractivity contribution in [2.24, 2.45) is 0 Å². The monoisotopic (exact) mass is 336 g/mol. The molecule has 0 aliphatic carbocycles. The Labute approximate surface area is 139 Å². The molecular formula is C17H25FN2O2Si. The minimum Gasteiger partial charge on any atom is -0.443 e. The van der Waals surface area contributed by atoms with E-state index in [9.17, 15) is 9.18 Å². The highest BCUT2D eigenvalue weighted by atomic mass is 28.3. The lowest BCUT2D eigenvalue weighted by molar-refractivity contribution is 0.0588. The van der Waals surface area contributed by atoms with E-state index >= 15 is 0 Å². The first-order chi connectivity index (χ1) is 10.4. The molecule has 0 unspecified atom stereocenters. The number of carbonyl (C=O) groups excluding carboxylic acids is 1. The highest BCUT2D eigenvalue weighted by molar-refractivity contribution is 6.76. The first kappa shape index (κ1) is 19.2. The highest BCUT2D eigenvalue weighted by Gasteiger charge is 2.21. The van der Waals surface area contributed by atoms with Gasteiger partial charge >= 0.3 is 6.09 Å². The van der Waals surface area contributed by atoms with Crippen molar-refractivity contribution in [3.8, 4) is 11.8 Å². The molecule has 0 aromatic carbocycles. The summed E-state index contributed by atoms with van der Waals surface area (Å²) in [5.74, 6) is 5.33. The summed E-state index contributed by atoms with van der Waals surface area (Å²) in [5.41, 5.74) is -0.379. The maximum absolute atomic E-state index is 14.1. The van der Waals surface area contributed by atoms with Crippen LogP contribution in [0.25, 0.3) is 0 Å². The molecule has 0 saturated heterocycles. The molecule has 0 aliphatic rings. The SMILES string of the molecule is CN(C(=O)OC(C)(C)C)c1ccc(C#CC[Si](C)(C)C)c(F)n1. The van der Waals surface area contributed by atoms with Gasteiger partial charge in [0.15, 0.2) is 0 Å². The van der Waals surface area contributed by atoms with Gasteiger partial charge in [-0.3, -0.25) is 4.90 Å². The zero-order chi connectivity index (χ0) is 17.8. The fraction of sp³-hybridized carbons (Fsp3) is 0.529. The molecule has 0 spiro atoms. The van der Waals surface area contributed by atoms with E-state index in [4.69, 9.17) is 4.74 Å². The summed E-state index contributed by atoms with van der Waals surface area (Å²) >= 11 is 0. The maximum Gasteiger partial charge on any atom is 0.415 e. The average molecular weight is 336 g/mol. The number of anilines is 1. The molecule has 0 saturated carbocycles. The number of aromatic nitrogens is 1. The second kappa shape index (κ2) is 7.13. The Morgan fingerprint density at radius 1 is 1.35 bits per heavy atom. The number of pyridine rings is 1. The molecule has 1 aromatic rings. The average Bonchev–Trinajstić information content (AvgIpc) is 2.36. The standard InChI is InChI=1S/C17H25FN2O2Si/c1-17(2,3)22-16(21)20(4)14-11-10-13(15(18)19-14)9-8-12-23(5,6)7/h10-11H,12H2,1-7H3.